The van der Waals surface area contributed by atoms with E-state index in [9.17, 15) is 9.00 Å². The van der Waals surface area contributed by atoms with Gasteiger partial charge in [-0.2, -0.15) is 0 Å². The first-order valence-electron chi connectivity index (χ1n) is 10.8. The molecular formula is C28H26ClNO3S. The lowest BCUT2D eigenvalue weighted by Crippen LogP contribution is -2.07. The van der Waals surface area contributed by atoms with Crippen LogP contribution in [-0.2, 0) is 28.6 Å². The van der Waals surface area contributed by atoms with Gasteiger partial charge in [0, 0.05) is 23.6 Å². The highest BCUT2D eigenvalue weighted by atomic mass is 35.5. The van der Waals surface area contributed by atoms with Crippen molar-refractivity contribution in [2.24, 2.45) is 0 Å². The molecule has 4 aromatic carbocycles. The predicted octanol–water partition coefficient (Wildman–Crippen LogP) is 6.06. The molecule has 6 heteroatoms. The van der Waals surface area contributed by atoms with Gasteiger partial charge >= 0.3 is 0 Å². The SMILES string of the molecule is O.O=C(CCc1ccccc1Cl)Cc1ccc(NS(=O)c2ccccc2-c2ccccc2)cc1. The van der Waals surface area contributed by atoms with Crippen molar-refractivity contribution in [2.75, 3.05) is 4.72 Å². The zero-order valence-electron chi connectivity index (χ0n) is 18.5. The van der Waals surface area contributed by atoms with E-state index in [1.807, 2.05) is 103 Å². The first-order valence-corrected chi connectivity index (χ1v) is 12.3. The van der Waals surface area contributed by atoms with E-state index in [1.54, 1.807) is 0 Å². The molecule has 0 radical (unpaired) electrons. The molecule has 0 heterocycles. The molecule has 1 unspecified atom stereocenters. The summed E-state index contributed by atoms with van der Waals surface area (Å²) in [6.45, 7) is 0. The van der Waals surface area contributed by atoms with E-state index in [4.69, 9.17) is 11.6 Å². The monoisotopic (exact) mass is 491 g/mol. The van der Waals surface area contributed by atoms with Crippen molar-refractivity contribution < 1.29 is 14.5 Å². The quantitative estimate of drug-likeness (QED) is 0.309. The Labute approximate surface area is 207 Å². The standard InChI is InChI=1S/C28H24ClNO2S.H2O/c29-27-12-6-4-10-23(27)16-19-25(31)20-21-14-17-24(18-15-21)30-33(32)28-13-7-5-11-26(28)22-8-2-1-3-9-22;/h1-15,17-18,30H,16,19-20H2;1H2. The average Bonchev–Trinajstić information content (AvgIpc) is 2.85. The van der Waals surface area contributed by atoms with E-state index in [0.717, 1.165) is 32.8 Å². The van der Waals surface area contributed by atoms with Gasteiger partial charge in [0.05, 0.1) is 4.90 Å². The number of carbonyl (C=O) groups is 1. The second-order valence-corrected chi connectivity index (χ2v) is 9.33. The molecule has 4 rings (SSSR count). The van der Waals surface area contributed by atoms with Gasteiger partial charge in [0.15, 0.2) is 11.0 Å². The molecule has 0 saturated heterocycles. The van der Waals surface area contributed by atoms with Crippen molar-refractivity contribution >= 4 is 34.1 Å². The van der Waals surface area contributed by atoms with Gasteiger partial charge in [-0.3, -0.25) is 4.79 Å². The third-order valence-corrected chi connectivity index (χ3v) is 6.91. The predicted molar refractivity (Wildman–Crippen MR) is 140 cm³/mol. The summed E-state index contributed by atoms with van der Waals surface area (Å²) in [6.07, 6.45) is 1.45. The Morgan fingerprint density at radius 1 is 0.794 bits per heavy atom. The van der Waals surface area contributed by atoms with E-state index in [1.165, 1.54) is 0 Å². The fourth-order valence-corrected chi connectivity index (χ4v) is 4.91. The number of benzene rings is 4. The summed E-state index contributed by atoms with van der Waals surface area (Å²) in [7, 11) is -1.42. The molecule has 0 amide bonds. The minimum absolute atomic E-state index is 0. The zero-order valence-corrected chi connectivity index (χ0v) is 20.1. The minimum Gasteiger partial charge on any atom is -0.412 e. The smallest absolute Gasteiger partial charge is 0.150 e. The Bertz CT molecular complexity index is 1260. The van der Waals surface area contributed by atoms with Crippen LogP contribution in [0.15, 0.2) is 108 Å². The number of halogens is 1. The number of Topliss-reactive ketones (excluding diaryl/α,β-unsaturated/α-hetero) is 1. The summed E-state index contributed by atoms with van der Waals surface area (Å²) >= 11 is 6.17. The van der Waals surface area contributed by atoms with Crippen molar-refractivity contribution in [1.82, 2.24) is 0 Å². The number of ketones is 1. The van der Waals surface area contributed by atoms with Gasteiger partial charge in [-0.15, -0.1) is 0 Å². The lowest BCUT2D eigenvalue weighted by molar-refractivity contribution is -0.118. The van der Waals surface area contributed by atoms with Crippen LogP contribution in [0, 0.1) is 0 Å². The Morgan fingerprint density at radius 3 is 2.18 bits per heavy atom. The average molecular weight is 492 g/mol. The van der Waals surface area contributed by atoms with Crippen molar-refractivity contribution in [2.45, 2.75) is 24.2 Å². The molecule has 0 bridgehead atoms. The molecule has 0 spiro atoms. The second kappa shape index (κ2) is 12.3. The maximum absolute atomic E-state index is 13.1. The van der Waals surface area contributed by atoms with Crippen LogP contribution in [0.25, 0.3) is 11.1 Å². The normalized spacial score (nSPS) is 11.3. The summed E-state index contributed by atoms with van der Waals surface area (Å²) in [4.78, 5) is 13.1. The number of rotatable bonds is 9. The lowest BCUT2D eigenvalue weighted by atomic mass is 10.0. The number of nitrogens with one attached hydrogen (secondary N) is 1. The second-order valence-electron chi connectivity index (χ2n) is 7.74. The fourth-order valence-electron chi connectivity index (χ4n) is 3.63. The van der Waals surface area contributed by atoms with Crippen LogP contribution in [0.3, 0.4) is 0 Å². The van der Waals surface area contributed by atoms with Crippen molar-refractivity contribution in [3.8, 4) is 11.1 Å². The summed E-state index contributed by atoms with van der Waals surface area (Å²) in [6, 6.07) is 32.7. The van der Waals surface area contributed by atoms with Crippen LogP contribution in [0.2, 0.25) is 5.02 Å². The first-order chi connectivity index (χ1) is 16.1. The minimum atomic E-state index is -1.42. The van der Waals surface area contributed by atoms with Gasteiger partial charge < -0.3 is 10.2 Å². The number of carbonyl (C=O) groups excluding carboxylic acids is 1. The molecule has 0 aliphatic carbocycles. The van der Waals surface area contributed by atoms with Gasteiger partial charge in [-0.25, -0.2) is 4.21 Å². The summed E-state index contributed by atoms with van der Waals surface area (Å²) < 4.78 is 16.1. The molecule has 34 heavy (non-hydrogen) atoms. The zero-order chi connectivity index (χ0) is 23.0. The number of anilines is 1. The van der Waals surface area contributed by atoms with Crippen molar-refractivity contribution in [3.05, 3.63) is 119 Å². The van der Waals surface area contributed by atoms with Gasteiger partial charge in [0.25, 0.3) is 0 Å². The van der Waals surface area contributed by atoms with Crippen LogP contribution >= 0.6 is 11.6 Å². The van der Waals surface area contributed by atoms with E-state index in [0.29, 0.717) is 24.3 Å². The summed E-state index contributed by atoms with van der Waals surface area (Å²) in [5.41, 5.74) is 4.62. The van der Waals surface area contributed by atoms with Crippen molar-refractivity contribution in [3.63, 3.8) is 0 Å². The van der Waals surface area contributed by atoms with Crippen LogP contribution < -0.4 is 4.72 Å². The molecule has 1 atom stereocenters. The molecule has 4 nitrogen and oxygen atoms in total. The molecule has 3 N–H and O–H groups in total. The maximum atomic E-state index is 13.1. The maximum Gasteiger partial charge on any atom is 0.150 e. The Kier molecular flexibility index (Phi) is 9.16. The molecule has 0 saturated carbocycles. The van der Waals surface area contributed by atoms with E-state index >= 15 is 0 Å². The van der Waals surface area contributed by atoms with Crippen molar-refractivity contribution in [1.29, 1.82) is 0 Å². The van der Waals surface area contributed by atoms with Crippen LogP contribution in [-0.4, -0.2) is 15.5 Å². The Morgan fingerprint density at radius 2 is 1.44 bits per heavy atom. The van der Waals surface area contributed by atoms with E-state index in [2.05, 4.69) is 4.72 Å². The highest BCUT2D eigenvalue weighted by molar-refractivity contribution is 7.86. The number of hydrogen-bond donors (Lipinski definition) is 1. The van der Waals surface area contributed by atoms with Crippen LogP contribution in [0.1, 0.15) is 17.5 Å². The molecule has 0 fully saturated rings. The first kappa shape index (κ1) is 25.4. The van der Waals surface area contributed by atoms with Crippen LogP contribution in [0.4, 0.5) is 5.69 Å². The van der Waals surface area contributed by atoms with Gasteiger partial charge in [0.2, 0.25) is 0 Å². The van der Waals surface area contributed by atoms with Crippen LogP contribution in [0.5, 0.6) is 0 Å². The molecule has 0 aliphatic heterocycles. The van der Waals surface area contributed by atoms with Gasteiger partial charge in [-0.05, 0) is 52.9 Å². The highest BCUT2D eigenvalue weighted by Crippen LogP contribution is 2.27. The number of aryl methyl sites for hydroxylation is 1. The van der Waals surface area contributed by atoms with Gasteiger partial charge in [0.1, 0.15) is 5.78 Å². The molecule has 0 aromatic heterocycles. The third kappa shape index (κ3) is 6.64. The summed E-state index contributed by atoms with van der Waals surface area (Å²) in [5.74, 6) is 0.163. The third-order valence-electron chi connectivity index (χ3n) is 5.37. The number of hydrogen-bond acceptors (Lipinski definition) is 2. The molecule has 0 aliphatic rings. The molecular weight excluding hydrogens is 466 g/mol. The van der Waals surface area contributed by atoms with E-state index < -0.39 is 11.0 Å². The molecule has 4 aromatic rings. The van der Waals surface area contributed by atoms with E-state index in [-0.39, 0.29) is 11.3 Å². The Balaban J connectivity index is 0.00000324. The topological polar surface area (TPSA) is 77.7 Å². The lowest BCUT2D eigenvalue weighted by Gasteiger charge is -2.11. The Hall–Kier alpha value is -3.25. The summed E-state index contributed by atoms with van der Waals surface area (Å²) in [5, 5.41) is 0.697. The van der Waals surface area contributed by atoms with Gasteiger partial charge in [-0.1, -0.05) is 90.5 Å². The largest absolute Gasteiger partial charge is 0.412 e. The molecule has 174 valence electrons. The highest BCUT2D eigenvalue weighted by Gasteiger charge is 2.12. The fraction of sp³-hybridized carbons (Fsp3) is 0.107.